The third kappa shape index (κ3) is 4.54. The van der Waals surface area contributed by atoms with E-state index in [9.17, 15) is 0 Å². The Hall–Kier alpha value is -0.160. The van der Waals surface area contributed by atoms with Gasteiger partial charge in [0, 0.05) is 25.2 Å². The van der Waals surface area contributed by atoms with Crippen LogP contribution in [-0.4, -0.2) is 52.2 Å². The minimum absolute atomic E-state index is 0.356. The summed E-state index contributed by atoms with van der Waals surface area (Å²) in [6.45, 7) is 8.66. The Kier molecular flexibility index (Phi) is 5.22. The van der Waals surface area contributed by atoms with E-state index in [1.165, 1.54) is 6.42 Å². The Bertz CT molecular complexity index is 213. The van der Waals surface area contributed by atoms with E-state index >= 15 is 0 Å². The van der Waals surface area contributed by atoms with Crippen LogP contribution in [0.15, 0.2) is 0 Å². The summed E-state index contributed by atoms with van der Waals surface area (Å²) < 4.78 is 16.3. The number of rotatable bonds is 8. The van der Waals surface area contributed by atoms with Gasteiger partial charge < -0.3 is 19.5 Å². The molecule has 2 aliphatic rings. The predicted octanol–water partition coefficient (Wildman–Crippen LogP) is 1.20. The molecule has 0 aromatic rings. The lowest BCUT2D eigenvalue weighted by atomic mass is 9.89. The summed E-state index contributed by atoms with van der Waals surface area (Å²) in [4.78, 5) is 0. The van der Waals surface area contributed by atoms with Crippen LogP contribution in [0.5, 0.6) is 0 Å². The van der Waals surface area contributed by atoms with E-state index < -0.39 is 0 Å². The minimum atomic E-state index is 0.356. The SMILES string of the molecule is CC1(CNCCCOCC2CCCO2)COC1. The van der Waals surface area contributed by atoms with Crippen molar-refractivity contribution in [3.05, 3.63) is 0 Å². The molecule has 100 valence electrons. The molecule has 0 saturated carbocycles. The van der Waals surface area contributed by atoms with Crippen molar-refractivity contribution < 1.29 is 14.2 Å². The average Bonchev–Trinajstić information content (AvgIpc) is 2.78. The second-order valence-corrected chi connectivity index (χ2v) is 5.54. The topological polar surface area (TPSA) is 39.7 Å². The number of hydrogen-bond acceptors (Lipinski definition) is 4. The van der Waals surface area contributed by atoms with Gasteiger partial charge in [-0.2, -0.15) is 0 Å². The molecule has 0 spiro atoms. The fourth-order valence-electron chi connectivity index (χ4n) is 2.23. The molecular weight excluding hydrogens is 218 g/mol. The third-order valence-electron chi connectivity index (χ3n) is 3.42. The van der Waals surface area contributed by atoms with Crippen molar-refractivity contribution >= 4 is 0 Å². The highest BCUT2D eigenvalue weighted by Gasteiger charge is 2.32. The van der Waals surface area contributed by atoms with Gasteiger partial charge >= 0.3 is 0 Å². The Morgan fingerprint density at radius 3 is 2.94 bits per heavy atom. The largest absolute Gasteiger partial charge is 0.380 e. The first-order chi connectivity index (χ1) is 8.29. The Balaban J connectivity index is 1.36. The molecule has 1 N–H and O–H groups in total. The third-order valence-corrected chi connectivity index (χ3v) is 3.42. The van der Waals surface area contributed by atoms with Gasteiger partial charge in [-0.25, -0.2) is 0 Å². The maximum Gasteiger partial charge on any atom is 0.0809 e. The van der Waals surface area contributed by atoms with Crippen molar-refractivity contribution in [3.8, 4) is 0 Å². The second-order valence-electron chi connectivity index (χ2n) is 5.54. The number of ether oxygens (including phenoxy) is 3. The zero-order valence-corrected chi connectivity index (χ0v) is 10.9. The molecule has 2 saturated heterocycles. The molecule has 2 rings (SSSR count). The number of hydrogen-bond donors (Lipinski definition) is 1. The van der Waals surface area contributed by atoms with Gasteiger partial charge in [0.25, 0.3) is 0 Å². The number of nitrogens with one attached hydrogen (secondary N) is 1. The fourth-order valence-corrected chi connectivity index (χ4v) is 2.23. The maximum absolute atomic E-state index is 5.60. The molecule has 0 amide bonds. The van der Waals surface area contributed by atoms with E-state index in [0.717, 1.165) is 59.0 Å². The highest BCUT2D eigenvalue weighted by Crippen LogP contribution is 2.24. The fraction of sp³-hybridized carbons (Fsp3) is 1.00. The Labute approximate surface area is 104 Å². The minimum Gasteiger partial charge on any atom is -0.380 e. The van der Waals surface area contributed by atoms with E-state index in [-0.39, 0.29) is 0 Å². The van der Waals surface area contributed by atoms with E-state index in [1.54, 1.807) is 0 Å². The highest BCUT2D eigenvalue weighted by atomic mass is 16.5. The van der Waals surface area contributed by atoms with Gasteiger partial charge in [0.15, 0.2) is 0 Å². The molecule has 4 nitrogen and oxygen atoms in total. The van der Waals surface area contributed by atoms with E-state index in [2.05, 4.69) is 12.2 Å². The quantitative estimate of drug-likeness (QED) is 0.650. The predicted molar refractivity (Wildman–Crippen MR) is 66.2 cm³/mol. The molecule has 2 aliphatic heterocycles. The molecule has 0 radical (unpaired) electrons. The van der Waals surface area contributed by atoms with E-state index in [1.807, 2.05) is 0 Å². The van der Waals surface area contributed by atoms with Gasteiger partial charge in [0.1, 0.15) is 0 Å². The molecule has 0 aromatic heterocycles. The Morgan fingerprint density at radius 2 is 2.29 bits per heavy atom. The van der Waals surface area contributed by atoms with Crippen molar-refractivity contribution in [1.82, 2.24) is 5.32 Å². The summed E-state index contributed by atoms with van der Waals surface area (Å²) in [6.07, 6.45) is 3.78. The van der Waals surface area contributed by atoms with Crippen LogP contribution in [0.4, 0.5) is 0 Å². The standard InChI is InChI=1S/C13H25NO3/c1-13(10-16-11-13)9-14-5-3-6-15-8-12-4-2-7-17-12/h12,14H,2-11H2,1H3. The average molecular weight is 243 g/mol. The second kappa shape index (κ2) is 6.69. The lowest BCUT2D eigenvalue weighted by Crippen LogP contribution is -2.47. The molecule has 2 heterocycles. The highest BCUT2D eigenvalue weighted by molar-refractivity contribution is 4.82. The molecule has 0 aliphatic carbocycles. The van der Waals surface area contributed by atoms with Crippen LogP contribution in [-0.2, 0) is 14.2 Å². The molecule has 0 aromatic carbocycles. The molecule has 4 heteroatoms. The van der Waals surface area contributed by atoms with Crippen molar-refractivity contribution in [1.29, 1.82) is 0 Å². The van der Waals surface area contributed by atoms with Gasteiger partial charge in [-0.15, -0.1) is 0 Å². The first-order valence-electron chi connectivity index (χ1n) is 6.76. The molecule has 1 atom stereocenters. The summed E-state index contributed by atoms with van der Waals surface area (Å²) in [5, 5.41) is 3.47. The van der Waals surface area contributed by atoms with Crippen LogP contribution in [0.2, 0.25) is 0 Å². The molecule has 0 bridgehead atoms. The summed E-state index contributed by atoms with van der Waals surface area (Å²) in [5.74, 6) is 0. The van der Waals surface area contributed by atoms with Crippen molar-refractivity contribution in [2.45, 2.75) is 32.3 Å². The van der Waals surface area contributed by atoms with Crippen LogP contribution in [0.1, 0.15) is 26.2 Å². The first-order valence-corrected chi connectivity index (χ1v) is 6.76. The monoisotopic (exact) mass is 243 g/mol. The van der Waals surface area contributed by atoms with Gasteiger partial charge in [-0.3, -0.25) is 0 Å². The lowest BCUT2D eigenvalue weighted by molar-refractivity contribution is -0.0990. The maximum atomic E-state index is 5.60. The molecule has 1 unspecified atom stereocenters. The van der Waals surface area contributed by atoms with Crippen molar-refractivity contribution in [3.63, 3.8) is 0 Å². The van der Waals surface area contributed by atoms with Crippen LogP contribution < -0.4 is 5.32 Å². The van der Waals surface area contributed by atoms with Crippen LogP contribution in [0, 0.1) is 5.41 Å². The normalized spacial score (nSPS) is 27.0. The van der Waals surface area contributed by atoms with Crippen LogP contribution in [0.25, 0.3) is 0 Å². The van der Waals surface area contributed by atoms with Crippen molar-refractivity contribution in [2.75, 3.05) is 46.1 Å². The van der Waals surface area contributed by atoms with E-state index in [0.29, 0.717) is 11.5 Å². The van der Waals surface area contributed by atoms with Crippen molar-refractivity contribution in [2.24, 2.45) is 5.41 Å². The summed E-state index contributed by atoms with van der Waals surface area (Å²) in [6, 6.07) is 0. The molecule has 17 heavy (non-hydrogen) atoms. The van der Waals surface area contributed by atoms with Crippen LogP contribution >= 0.6 is 0 Å². The van der Waals surface area contributed by atoms with Gasteiger partial charge in [0.2, 0.25) is 0 Å². The summed E-state index contributed by atoms with van der Waals surface area (Å²) >= 11 is 0. The lowest BCUT2D eigenvalue weighted by Gasteiger charge is -2.38. The molecule has 2 fully saturated rings. The Morgan fingerprint density at radius 1 is 1.41 bits per heavy atom. The smallest absolute Gasteiger partial charge is 0.0809 e. The van der Waals surface area contributed by atoms with Gasteiger partial charge in [0.05, 0.1) is 25.9 Å². The molecular formula is C13H25NO3. The van der Waals surface area contributed by atoms with Crippen LogP contribution in [0.3, 0.4) is 0 Å². The van der Waals surface area contributed by atoms with Gasteiger partial charge in [-0.1, -0.05) is 6.92 Å². The summed E-state index contributed by atoms with van der Waals surface area (Å²) in [7, 11) is 0. The zero-order chi connectivity index (χ0) is 12.0. The van der Waals surface area contributed by atoms with E-state index in [4.69, 9.17) is 14.2 Å². The first kappa shape index (κ1) is 13.3. The van der Waals surface area contributed by atoms with Gasteiger partial charge in [-0.05, 0) is 25.8 Å². The summed E-state index contributed by atoms with van der Waals surface area (Å²) in [5.41, 5.74) is 0.374. The zero-order valence-electron chi connectivity index (χ0n) is 10.9.